The zero-order chi connectivity index (χ0) is 29.7. The molecule has 0 saturated heterocycles. The Morgan fingerprint density at radius 3 is 1.83 bits per heavy atom. The number of esters is 1. The van der Waals surface area contributed by atoms with E-state index in [9.17, 15) is 22.8 Å². The molecule has 0 aliphatic carbocycles. The minimum absolute atomic E-state index is 0.0118. The third kappa shape index (κ3) is 11.1. The Balaban J connectivity index is 1.47. The maximum Gasteiger partial charge on any atom is 0.422 e. The lowest BCUT2D eigenvalue weighted by atomic mass is 10.0. The number of hydrogen-bond donors (Lipinski definition) is 0. The number of unbranched alkanes of at least 4 members (excludes halogenated alkanes) is 7. The third-order valence-electron chi connectivity index (χ3n) is 6.27. The zero-order valence-corrected chi connectivity index (χ0v) is 23.7. The van der Waals surface area contributed by atoms with Crippen LogP contribution in [0.1, 0.15) is 84.6 Å². The smallest absolute Gasteiger partial charge is 0.422 e. The largest absolute Gasteiger partial charge is 0.494 e. The second-order valence-electron chi connectivity index (χ2n) is 9.64. The summed E-state index contributed by atoms with van der Waals surface area (Å²) < 4.78 is 52.8. The van der Waals surface area contributed by atoms with E-state index in [-0.39, 0.29) is 27.6 Å². The minimum Gasteiger partial charge on any atom is -0.494 e. The second-order valence-corrected chi connectivity index (χ2v) is 10.0. The third-order valence-corrected chi connectivity index (χ3v) is 6.57. The summed E-state index contributed by atoms with van der Waals surface area (Å²) in [4.78, 5) is 25.4. The summed E-state index contributed by atoms with van der Waals surface area (Å²) in [6.07, 6.45) is 5.31. The Kier molecular flexibility index (Phi) is 12.5. The molecule has 41 heavy (non-hydrogen) atoms. The fourth-order valence-corrected chi connectivity index (χ4v) is 4.25. The van der Waals surface area contributed by atoms with E-state index in [1.807, 2.05) is 0 Å². The number of hydrogen-bond acceptors (Lipinski definition) is 5. The van der Waals surface area contributed by atoms with Gasteiger partial charge in [0.15, 0.2) is 12.4 Å². The first-order chi connectivity index (χ1) is 19.7. The lowest BCUT2D eigenvalue weighted by molar-refractivity contribution is -0.153. The van der Waals surface area contributed by atoms with Crippen LogP contribution in [0.3, 0.4) is 0 Å². The van der Waals surface area contributed by atoms with Gasteiger partial charge in [0.05, 0.1) is 17.2 Å². The van der Waals surface area contributed by atoms with Crippen molar-refractivity contribution in [3.63, 3.8) is 0 Å². The van der Waals surface area contributed by atoms with Gasteiger partial charge in [-0.3, -0.25) is 4.79 Å². The van der Waals surface area contributed by atoms with Crippen LogP contribution in [0.15, 0.2) is 66.7 Å². The lowest BCUT2D eigenvalue weighted by Gasteiger charge is -2.10. The molecule has 0 aromatic heterocycles. The first kappa shape index (κ1) is 32.0. The molecule has 0 N–H and O–H groups in total. The molecule has 0 aliphatic heterocycles. The van der Waals surface area contributed by atoms with Crippen molar-refractivity contribution in [3.05, 3.63) is 88.4 Å². The molecule has 3 rings (SSSR count). The van der Waals surface area contributed by atoms with Gasteiger partial charge >= 0.3 is 12.1 Å². The van der Waals surface area contributed by atoms with E-state index in [1.165, 1.54) is 81.0 Å². The summed E-state index contributed by atoms with van der Waals surface area (Å²) in [5, 5.41) is 0.0552. The van der Waals surface area contributed by atoms with Crippen LogP contribution >= 0.6 is 11.6 Å². The van der Waals surface area contributed by atoms with Crippen molar-refractivity contribution in [2.45, 2.75) is 64.5 Å². The Labute approximate surface area is 243 Å². The molecular formula is C32H34ClF3O5. The van der Waals surface area contributed by atoms with Crippen molar-refractivity contribution in [1.29, 1.82) is 0 Å². The van der Waals surface area contributed by atoms with Gasteiger partial charge in [-0.25, -0.2) is 4.79 Å². The molecule has 3 aromatic rings. The monoisotopic (exact) mass is 590 g/mol. The van der Waals surface area contributed by atoms with Gasteiger partial charge in [-0.2, -0.15) is 13.2 Å². The van der Waals surface area contributed by atoms with E-state index in [4.69, 9.17) is 21.1 Å². The Bertz CT molecular complexity index is 1260. The first-order valence-corrected chi connectivity index (χ1v) is 14.1. The van der Waals surface area contributed by atoms with Crippen LogP contribution in [0.25, 0.3) is 0 Å². The van der Waals surface area contributed by atoms with Crippen LogP contribution in [0.4, 0.5) is 13.2 Å². The molecular weight excluding hydrogens is 557 g/mol. The molecule has 0 amide bonds. The molecule has 5 nitrogen and oxygen atoms in total. The molecule has 0 saturated carbocycles. The summed E-state index contributed by atoms with van der Waals surface area (Å²) >= 11 is 6.28. The predicted molar refractivity (Wildman–Crippen MR) is 152 cm³/mol. The van der Waals surface area contributed by atoms with Crippen LogP contribution < -0.4 is 14.2 Å². The van der Waals surface area contributed by atoms with E-state index < -0.39 is 24.5 Å². The lowest BCUT2D eigenvalue weighted by Crippen LogP contribution is -2.19. The second kappa shape index (κ2) is 16.1. The molecule has 0 spiro atoms. The van der Waals surface area contributed by atoms with Crippen LogP contribution in [-0.4, -0.2) is 31.1 Å². The molecule has 9 heteroatoms. The fraction of sp³-hybridized carbons (Fsp3) is 0.375. The van der Waals surface area contributed by atoms with Crippen molar-refractivity contribution in [1.82, 2.24) is 0 Å². The number of ether oxygens (including phenoxy) is 3. The minimum atomic E-state index is -4.46. The zero-order valence-electron chi connectivity index (χ0n) is 23.0. The number of ketones is 1. The molecule has 0 aliphatic rings. The Morgan fingerprint density at radius 1 is 0.707 bits per heavy atom. The molecule has 0 radical (unpaired) electrons. The van der Waals surface area contributed by atoms with E-state index in [2.05, 4.69) is 11.7 Å². The summed E-state index contributed by atoms with van der Waals surface area (Å²) in [5.41, 5.74) is 0.764. The van der Waals surface area contributed by atoms with Gasteiger partial charge in [0.2, 0.25) is 0 Å². The highest BCUT2D eigenvalue weighted by Gasteiger charge is 2.28. The van der Waals surface area contributed by atoms with E-state index in [0.717, 1.165) is 12.8 Å². The van der Waals surface area contributed by atoms with Gasteiger partial charge in [-0.05, 0) is 73.2 Å². The van der Waals surface area contributed by atoms with Crippen molar-refractivity contribution in [2.75, 3.05) is 13.2 Å². The van der Waals surface area contributed by atoms with Crippen molar-refractivity contribution >= 4 is 23.4 Å². The standard InChI is InChI=1S/C32H34ClF3O5/c1-2-3-4-5-6-7-8-9-20-39-26-17-12-24(13-18-26)31(38)41-29-19-14-25(21-28(29)33)30(37)23-10-15-27(16-11-23)40-22-32(34,35)36/h10-19,21H,2-9,20,22H2,1H3. The normalized spacial score (nSPS) is 11.2. The van der Waals surface area contributed by atoms with Crippen molar-refractivity contribution in [3.8, 4) is 17.2 Å². The average molecular weight is 591 g/mol. The Morgan fingerprint density at radius 2 is 1.24 bits per heavy atom. The maximum absolute atomic E-state index is 12.8. The number of carbonyl (C=O) groups excluding carboxylic acids is 2. The number of halogens is 4. The average Bonchev–Trinajstić information content (AvgIpc) is 2.96. The number of carbonyl (C=O) groups is 2. The van der Waals surface area contributed by atoms with Gasteiger partial charge in [-0.15, -0.1) is 0 Å². The van der Waals surface area contributed by atoms with Crippen molar-refractivity contribution < 1.29 is 37.0 Å². The Hall–Kier alpha value is -3.52. The SMILES string of the molecule is CCCCCCCCCCOc1ccc(C(=O)Oc2ccc(C(=O)c3ccc(OCC(F)(F)F)cc3)cc2Cl)cc1. The number of alkyl halides is 3. The summed E-state index contributed by atoms with van der Waals surface area (Å²) in [7, 11) is 0. The number of benzene rings is 3. The van der Waals surface area contributed by atoms with E-state index in [1.54, 1.807) is 24.3 Å². The molecule has 0 heterocycles. The highest BCUT2D eigenvalue weighted by atomic mass is 35.5. The highest BCUT2D eigenvalue weighted by Crippen LogP contribution is 2.28. The molecule has 0 atom stereocenters. The summed E-state index contributed by atoms with van der Waals surface area (Å²) in [6.45, 7) is 1.41. The van der Waals surface area contributed by atoms with Crippen LogP contribution in [0.2, 0.25) is 5.02 Å². The van der Waals surface area contributed by atoms with E-state index >= 15 is 0 Å². The molecule has 0 fully saturated rings. The van der Waals surface area contributed by atoms with Gasteiger partial charge in [0.25, 0.3) is 0 Å². The first-order valence-electron chi connectivity index (χ1n) is 13.7. The molecule has 0 unspecified atom stereocenters. The highest BCUT2D eigenvalue weighted by molar-refractivity contribution is 6.32. The van der Waals surface area contributed by atoms with E-state index in [0.29, 0.717) is 17.9 Å². The quantitative estimate of drug-likeness (QED) is 0.0720. The predicted octanol–water partition coefficient (Wildman–Crippen LogP) is 9.25. The topological polar surface area (TPSA) is 61.8 Å². The van der Waals surface area contributed by atoms with Crippen LogP contribution in [0, 0.1) is 0 Å². The summed E-state index contributed by atoms with van der Waals surface area (Å²) in [5.74, 6) is -0.281. The number of rotatable bonds is 16. The fourth-order valence-electron chi connectivity index (χ4n) is 4.03. The molecule has 220 valence electrons. The summed E-state index contributed by atoms with van der Waals surface area (Å²) in [6, 6.07) is 16.2. The van der Waals surface area contributed by atoms with Crippen LogP contribution in [-0.2, 0) is 0 Å². The molecule has 0 bridgehead atoms. The maximum atomic E-state index is 12.8. The van der Waals surface area contributed by atoms with Gasteiger partial charge < -0.3 is 14.2 Å². The van der Waals surface area contributed by atoms with Crippen molar-refractivity contribution in [2.24, 2.45) is 0 Å². The molecule has 3 aromatic carbocycles. The van der Waals surface area contributed by atoms with Crippen LogP contribution in [0.5, 0.6) is 17.2 Å². The van der Waals surface area contributed by atoms with Gasteiger partial charge in [0.1, 0.15) is 17.2 Å². The van der Waals surface area contributed by atoms with Gasteiger partial charge in [-0.1, -0.05) is 63.5 Å². The van der Waals surface area contributed by atoms with Gasteiger partial charge in [0, 0.05) is 11.1 Å².